The van der Waals surface area contributed by atoms with Gasteiger partial charge in [0.2, 0.25) is 0 Å². The number of anilines is 1. The Kier molecular flexibility index (Phi) is 20.1. The van der Waals surface area contributed by atoms with E-state index in [2.05, 4.69) is 147 Å². The molecular weight excluding hydrogens is 1550 g/mol. The summed E-state index contributed by atoms with van der Waals surface area (Å²) in [7, 11) is -11.8. The molecule has 115 heavy (non-hydrogen) atoms. The number of fused-ring (bicyclic) bond motifs is 20. The summed E-state index contributed by atoms with van der Waals surface area (Å²) in [6, 6.07) is 55.8. The Morgan fingerprint density at radius 1 is 0.374 bits per heavy atom. The number of hydrogen-bond acceptors (Lipinski definition) is 18. The van der Waals surface area contributed by atoms with Crippen molar-refractivity contribution in [3.05, 3.63) is 199 Å². The molecule has 0 radical (unpaired) electrons. The number of oxazole rings is 3. The molecule has 10 aromatic carbocycles. The SMILES string of the molecule is CCn1c(C)nc2cc3c(cc21)[nH]c1ccccc13.Cc1nc2cc3c(cc2[nH]1)c1ccccc1n3C.Cc1nc2cc3c(cc2o1)[nH]c1ccc(S(O)(O)O)cc13.Cc1nc2cc3c4cc(N(CCCS(=O)(=O)O)CCCS(=O)(=O)O)ccc4n(C)c3cc2o1.Cc1nc2cc3c4ccccc4n(CCCS(=O)(=O)O)c3cc2o1. The first-order chi connectivity index (χ1) is 54.8. The molecular formula is C83H81N13O15S4. The zero-order valence-electron chi connectivity index (χ0n) is 63.7. The molecule has 0 saturated carbocycles. The first-order valence-electron chi connectivity index (χ1n) is 37.0. The molecule has 10 aromatic heterocycles. The molecule has 0 saturated heterocycles. The quantitative estimate of drug-likeness (QED) is 0.0430. The maximum Gasteiger partial charge on any atom is 0.264 e. The molecule has 0 aliphatic carbocycles. The summed E-state index contributed by atoms with van der Waals surface area (Å²) in [5.41, 5.74) is 20.1. The van der Waals surface area contributed by atoms with Crippen LogP contribution in [0.25, 0.3) is 164 Å². The van der Waals surface area contributed by atoms with Gasteiger partial charge in [0.05, 0.1) is 66.3 Å². The van der Waals surface area contributed by atoms with E-state index in [0.29, 0.717) is 47.4 Å². The van der Waals surface area contributed by atoms with Crippen molar-refractivity contribution < 1.29 is 65.8 Å². The highest BCUT2D eigenvalue weighted by atomic mass is 32.3. The summed E-state index contributed by atoms with van der Waals surface area (Å²) in [5.74, 6) is 2.76. The van der Waals surface area contributed by atoms with Gasteiger partial charge in [-0.05, 0) is 137 Å². The fourth-order valence-corrected chi connectivity index (χ4v) is 17.8. The molecule has 9 N–H and O–H groups in total. The van der Waals surface area contributed by atoms with Crippen LogP contribution in [-0.4, -0.2) is 141 Å². The molecule has 0 unspecified atom stereocenters. The fourth-order valence-electron chi connectivity index (χ4n) is 15.8. The van der Waals surface area contributed by atoms with Crippen molar-refractivity contribution in [2.45, 2.75) is 78.8 Å². The highest BCUT2D eigenvalue weighted by molar-refractivity contribution is 8.19. The average molecular weight is 1630 g/mol. The maximum atomic E-state index is 11.1. The fraction of sp³-hybridized carbons (Fsp3) is 0.217. The van der Waals surface area contributed by atoms with Gasteiger partial charge < -0.3 is 65.0 Å². The van der Waals surface area contributed by atoms with Crippen LogP contribution in [0.5, 0.6) is 0 Å². The van der Waals surface area contributed by atoms with Gasteiger partial charge in [-0.3, -0.25) is 13.7 Å². The van der Waals surface area contributed by atoms with Gasteiger partial charge >= 0.3 is 0 Å². The second-order valence-corrected chi connectivity index (χ2v) is 34.9. The van der Waals surface area contributed by atoms with Crippen LogP contribution >= 0.6 is 10.9 Å². The van der Waals surface area contributed by atoms with Crippen molar-refractivity contribution >= 4 is 211 Å². The number of para-hydroxylation sites is 3. The van der Waals surface area contributed by atoms with E-state index < -0.39 is 52.7 Å². The average Bonchev–Trinajstić information content (AvgIpc) is 1.66. The van der Waals surface area contributed by atoms with E-state index in [1.165, 1.54) is 55.2 Å². The smallest absolute Gasteiger partial charge is 0.264 e. The monoisotopic (exact) mass is 1630 g/mol. The Morgan fingerprint density at radius 3 is 1.47 bits per heavy atom. The normalized spacial score (nSPS) is 12.6. The number of aromatic amines is 3. The summed E-state index contributed by atoms with van der Waals surface area (Å²) in [4.78, 5) is 34.2. The number of H-pyrrole nitrogens is 3. The van der Waals surface area contributed by atoms with Crippen molar-refractivity contribution in [3.8, 4) is 0 Å². The van der Waals surface area contributed by atoms with E-state index in [1.54, 1.807) is 26.0 Å². The number of benzene rings is 10. The van der Waals surface area contributed by atoms with Crippen molar-refractivity contribution in [1.29, 1.82) is 0 Å². The summed E-state index contributed by atoms with van der Waals surface area (Å²) < 4.78 is 147. The van der Waals surface area contributed by atoms with Crippen LogP contribution < -0.4 is 4.90 Å². The Balaban J connectivity index is 0.000000110. The lowest BCUT2D eigenvalue weighted by atomic mass is 10.1. The van der Waals surface area contributed by atoms with Crippen LogP contribution in [0.2, 0.25) is 0 Å². The minimum Gasteiger partial charge on any atom is -0.441 e. The van der Waals surface area contributed by atoms with E-state index in [1.807, 2.05) is 109 Å². The van der Waals surface area contributed by atoms with Crippen LogP contribution in [0, 0.1) is 34.6 Å². The zero-order valence-corrected chi connectivity index (χ0v) is 67.0. The van der Waals surface area contributed by atoms with E-state index in [-0.39, 0.29) is 36.6 Å². The molecule has 0 aliphatic rings. The number of aryl methyl sites for hydroxylation is 9. The lowest BCUT2D eigenvalue weighted by Gasteiger charge is -2.25. The van der Waals surface area contributed by atoms with E-state index in [9.17, 15) is 38.9 Å². The van der Waals surface area contributed by atoms with Crippen LogP contribution in [0.4, 0.5) is 5.69 Å². The number of rotatable bonds is 15. The van der Waals surface area contributed by atoms with Crippen molar-refractivity contribution in [1.82, 2.24) is 58.1 Å². The number of hydrogen-bond donors (Lipinski definition) is 9. The lowest BCUT2D eigenvalue weighted by Crippen LogP contribution is -2.28. The molecule has 0 fully saturated rings. The summed E-state index contributed by atoms with van der Waals surface area (Å²) in [6.07, 6.45) is 0.661. The summed E-state index contributed by atoms with van der Waals surface area (Å²) in [6.45, 7) is 13.6. The molecule has 10 heterocycles. The van der Waals surface area contributed by atoms with E-state index in [0.717, 1.165) is 122 Å². The maximum absolute atomic E-state index is 11.1. The molecule has 0 bridgehead atoms. The molecule has 0 aliphatic heterocycles. The van der Waals surface area contributed by atoms with Gasteiger partial charge in [0.1, 0.15) is 39.1 Å². The molecule has 0 spiro atoms. The largest absolute Gasteiger partial charge is 0.441 e. The molecule has 20 aromatic rings. The van der Waals surface area contributed by atoms with Crippen molar-refractivity contribution in [2.75, 3.05) is 35.2 Å². The van der Waals surface area contributed by atoms with Gasteiger partial charge in [-0.25, -0.2) is 24.9 Å². The topological polar surface area (TPSA) is 398 Å². The van der Waals surface area contributed by atoms with Crippen molar-refractivity contribution in [3.63, 3.8) is 0 Å². The van der Waals surface area contributed by atoms with Crippen LogP contribution in [0.15, 0.2) is 188 Å². The third-order valence-corrected chi connectivity index (χ3v) is 24.1. The molecule has 592 valence electrons. The van der Waals surface area contributed by atoms with Gasteiger partial charge in [0, 0.05) is 172 Å². The van der Waals surface area contributed by atoms with Crippen molar-refractivity contribution in [2.24, 2.45) is 14.1 Å². The number of imidazole rings is 2. The van der Waals surface area contributed by atoms with Gasteiger partial charge in [-0.2, -0.15) is 25.3 Å². The Hall–Kier alpha value is -11.7. The highest BCUT2D eigenvalue weighted by Crippen LogP contribution is 2.46. The van der Waals surface area contributed by atoms with E-state index in [4.69, 9.17) is 26.9 Å². The van der Waals surface area contributed by atoms with Gasteiger partial charge in [0.15, 0.2) is 34.4 Å². The summed E-state index contributed by atoms with van der Waals surface area (Å²) in [5, 5.41) is 10.9. The molecule has 0 amide bonds. The molecule has 20 rings (SSSR count). The van der Waals surface area contributed by atoms with Gasteiger partial charge in [-0.15, -0.1) is 0 Å². The zero-order chi connectivity index (χ0) is 80.9. The summed E-state index contributed by atoms with van der Waals surface area (Å²) >= 11 is 0. The van der Waals surface area contributed by atoms with Crippen LogP contribution in [-0.2, 0) is 57.5 Å². The first kappa shape index (κ1) is 77.3. The number of nitrogens with one attached hydrogen (secondary N) is 3. The molecule has 32 heteroatoms. The minimum atomic E-state index is -4.11. The van der Waals surface area contributed by atoms with Gasteiger partial charge in [0.25, 0.3) is 30.4 Å². The van der Waals surface area contributed by atoms with Crippen LogP contribution in [0.3, 0.4) is 0 Å². The Labute approximate surface area is 658 Å². The second-order valence-electron chi connectivity index (χ2n) is 28.7. The number of aromatic nitrogens is 12. The van der Waals surface area contributed by atoms with Crippen LogP contribution in [0.1, 0.15) is 55.5 Å². The third kappa shape index (κ3) is 15.7. The Morgan fingerprint density at radius 2 is 0.852 bits per heavy atom. The molecule has 0 atom stereocenters. The molecule has 28 nitrogen and oxygen atoms in total. The van der Waals surface area contributed by atoms with Gasteiger partial charge in [-0.1, -0.05) is 54.6 Å². The predicted octanol–water partition coefficient (Wildman–Crippen LogP) is 18.5. The standard InChI is InChI=1S/C21H25N3O7S2.C17H16N2O4S.C16H15N3.C15H13N3.C14H12N2O4S/c1-14-22-18-12-17-16-11-15(5-6-19(16)23(2)20(17)13-21(18)31-14)24(7-3-9-32(25,26)27)8-4-10-33(28,29)30;1-11-18-14-9-13-12-5-2-3-6-15(12)19(7-4-8-24(20,21)22)16(13)10-17(14)23-11;1-3-19-10(2)17-15-8-12-11-6-4-5-7-13(11)18-14(12)9-16(15)19;1-9-16-12-7-11-10-5-3-4-6-14(10)18(2)15(11)8-13(12)17-9;1-7-15-13-5-10-9-4-8(21(17,18)19)2-3-11(9)16-12(10)6-14(13)20-7/h5-6,11-13H,3-4,7-10H2,1-2H3,(H,25,26,27)(H,28,29,30);2-3,5-6,9-10H,4,7-8H2,1H3,(H,20,21,22);4-9,18H,3H2,1-2H3;3-8H,1-2H3,(H,16,17);2-6,16-19H,1H3. The minimum absolute atomic E-state index is 0.0901. The number of nitrogens with zero attached hydrogens (tertiary/aromatic N) is 10. The highest BCUT2D eigenvalue weighted by Gasteiger charge is 2.22. The van der Waals surface area contributed by atoms with E-state index >= 15 is 0 Å². The predicted molar refractivity (Wildman–Crippen MR) is 456 cm³/mol. The second kappa shape index (κ2) is 29.9. The first-order valence-corrected chi connectivity index (χ1v) is 43.3. The third-order valence-electron chi connectivity index (χ3n) is 20.8. The Bertz CT molecular complexity index is 7560. The lowest BCUT2D eigenvalue weighted by molar-refractivity contribution is 0.376.